The van der Waals surface area contributed by atoms with Crippen LogP contribution in [0.4, 0.5) is 0 Å². The third-order valence-electron chi connectivity index (χ3n) is 3.77. The van der Waals surface area contributed by atoms with Gasteiger partial charge in [0.15, 0.2) is 0 Å². The molecule has 0 bridgehead atoms. The highest BCUT2D eigenvalue weighted by atomic mass is 35.5. The first-order valence-corrected chi connectivity index (χ1v) is 7.56. The summed E-state index contributed by atoms with van der Waals surface area (Å²) in [5.74, 6) is 0.0430. The number of halogens is 1. The van der Waals surface area contributed by atoms with E-state index < -0.39 is 0 Å². The van der Waals surface area contributed by atoms with Crippen LogP contribution < -0.4 is 0 Å². The Hall–Kier alpha value is -1.60. The minimum Gasteiger partial charge on any atom is -0.339 e. The summed E-state index contributed by atoms with van der Waals surface area (Å²) >= 11 is 6.06. The molecule has 0 N–H and O–H groups in total. The van der Waals surface area contributed by atoms with Crippen molar-refractivity contribution in [1.29, 1.82) is 5.26 Å². The number of rotatable bonds is 1. The second kappa shape index (κ2) is 6.03. The standard InChI is InChI=1S/C16H20ClN3O/c1-16(2,3)13-8-12(9-14(17)19-13)15(21)20-6-4-11(10-18)5-7-20/h8-9,11H,4-7H2,1-3H3. The van der Waals surface area contributed by atoms with Gasteiger partial charge >= 0.3 is 0 Å². The zero-order valence-electron chi connectivity index (χ0n) is 12.7. The van der Waals surface area contributed by atoms with E-state index in [2.05, 4.69) is 11.1 Å². The van der Waals surface area contributed by atoms with Gasteiger partial charge in [0.2, 0.25) is 0 Å². The number of nitriles is 1. The van der Waals surface area contributed by atoms with Crippen molar-refractivity contribution < 1.29 is 4.79 Å². The lowest BCUT2D eigenvalue weighted by Gasteiger charge is -2.29. The molecule has 5 heteroatoms. The van der Waals surface area contributed by atoms with Crippen molar-refractivity contribution in [1.82, 2.24) is 9.88 Å². The Labute approximate surface area is 130 Å². The van der Waals surface area contributed by atoms with E-state index in [1.165, 1.54) is 0 Å². The van der Waals surface area contributed by atoms with E-state index in [9.17, 15) is 4.79 Å². The molecule has 1 aliphatic heterocycles. The summed E-state index contributed by atoms with van der Waals surface area (Å²) in [5, 5.41) is 9.26. The summed E-state index contributed by atoms with van der Waals surface area (Å²) in [6.07, 6.45) is 1.49. The maximum absolute atomic E-state index is 12.6. The van der Waals surface area contributed by atoms with E-state index in [1.54, 1.807) is 11.0 Å². The number of aromatic nitrogens is 1. The van der Waals surface area contributed by atoms with Crippen molar-refractivity contribution >= 4 is 17.5 Å². The van der Waals surface area contributed by atoms with Gasteiger partial charge in [0.05, 0.1) is 6.07 Å². The van der Waals surface area contributed by atoms with Gasteiger partial charge in [0.1, 0.15) is 5.15 Å². The number of hydrogen-bond donors (Lipinski definition) is 0. The molecule has 2 rings (SSSR count). The Bertz CT molecular complexity index is 578. The lowest BCUT2D eigenvalue weighted by molar-refractivity contribution is 0.0707. The minimum absolute atomic E-state index is 0.0267. The van der Waals surface area contributed by atoms with E-state index >= 15 is 0 Å². The van der Waals surface area contributed by atoms with Gasteiger partial charge < -0.3 is 4.90 Å². The second-order valence-electron chi connectivity index (χ2n) is 6.51. The molecule has 0 saturated carbocycles. The van der Waals surface area contributed by atoms with Crippen LogP contribution in [0.3, 0.4) is 0 Å². The Balaban J connectivity index is 2.20. The highest BCUT2D eigenvalue weighted by Gasteiger charge is 2.25. The molecule has 2 heterocycles. The lowest BCUT2D eigenvalue weighted by atomic mass is 9.90. The molecule has 1 aromatic heterocycles. The van der Waals surface area contributed by atoms with Gasteiger partial charge in [0, 0.05) is 35.7 Å². The van der Waals surface area contributed by atoms with Gasteiger partial charge in [-0.25, -0.2) is 4.98 Å². The van der Waals surface area contributed by atoms with Crippen LogP contribution in [-0.4, -0.2) is 28.9 Å². The fourth-order valence-electron chi connectivity index (χ4n) is 2.40. The van der Waals surface area contributed by atoms with Crippen LogP contribution in [0.15, 0.2) is 12.1 Å². The molecule has 112 valence electrons. The van der Waals surface area contributed by atoms with Crippen molar-refractivity contribution in [3.8, 4) is 6.07 Å². The van der Waals surface area contributed by atoms with Gasteiger partial charge in [-0.2, -0.15) is 5.26 Å². The average molecular weight is 306 g/mol. The zero-order valence-corrected chi connectivity index (χ0v) is 13.4. The fourth-order valence-corrected chi connectivity index (χ4v) is 2.61. The summed E-state index contributed by atoms with van der Waals surface area (Å²) in [6.45, 7) is 7.37. The molecule has 1 fully saturated rings. The summed E-state index contributed by atoms with van der Waals surface area (Å²) in [5.41, 5.74) is 1.23. The summed E-state index contributed by atoms with van der Waals surface area (Å²) in [6, 6.07) is 5.72. The molecule has 1 aromatic rings. The monoisotopic (exact) mass is 305 g/mol. The van der Waals surface area contributed by atoms with Crippen LogP contribution in [0.2, 0.25) is 5.15 Å². The van der Waals surface area contributed by atoms with Gasteiger partial charge in [-0.05, 0) is 25.0 Å². The molecule has 0 spiro atoms. The SMILES string of the molecule is CC(C)(C)c1cc(C(=O)N2CCC(C#N)CC2)cc(Cl)n1. The first kappa shape index (κ1) is 15.8. The molecule has 4 nitrogen and oxygen atoms in total. The quantitative estimate of drug-likeness (QED) is 0.747. The number of amides is 1. The molecule has 0 aromatic carbocycles. The molecule has 21 heavy (non-hydrogen) atoms. The van der Waals surface area contributed by atoms with Gasteiger partial charge in [-0.3, -0.25) is 4.79 Å². The summed E-state index contributed by atoms with van der Waals surface area (Å²) < 4.78 is 0. The number of piperidine rings is 1. The Morgan fingerprint density at radius 2 is 2.00 bits per heavy atom. The first-order valence-electron chi connectivity index (χ1n) is 7.18. The van der Waals surface area contributed by atoms with Crippen LogP contribution in [0, 0.1) is 17.2 Å². The molecule has 0 radical (unpaired) electrons. The molecule has 0 aliphatic carbocycles. The maximum Gasteiger partial charge on any atom is 0.254 e. The number of hydrogen-bond acceptors (Lipinski definition) is 3. The van der Waals surface area contributed by atoms with Crippen molar-refractivity contribution in [2.75, 3.05) is 13.1 Å². The highest BCUT2D eigenvalue weighted by Crippen LogP contribution is 2.25. The number of carbonyl (C=O) groups excluding carboxylic acids is 1. The number of carbonyl (C=O) groups is 1. The molecule has 1 aliphatic rings. The molecular formula is C16H20ClN3O. The van der Waals surface area contributed by atoms with Gasteiger partial charge in [-0.15, -0.1) is 0 Å². The van der Waals surface area contributed by atoms with Crippen LogP contribution in [0.1, 0.15) is 49.7 Å². The normalized spacial score (nSPS) is 16.6. The summed E-state index contributed by atoms with van der Waals surface area (Å²) in [7, 11) is 0. The molecule has 1 saturated heterocycles. The third kappa shape index (κ3) is 3.74. The third-order valence-corrected chi connectivity index (χ3v) is 3.97. The fraction of sp³-hybridized carbons (Fsp3) is 0.562. The highest BCUT2D eigenvalue weighted by molar-refractivity contribution is 6.29. The van der Waals surface area contributed by atoms with E-state index in [0.717, 1.165) is 18.5 Å². The minimum atomic E-state index is -0.159. The predicted octanol–water partition coefficient (Wildman–Crippen LogP) is 3.41. The van der Waals surface area contributed by atoms with Crippen molar-refractivity contribution in [3.63, 3.8) is 0 Å². The van der Waals surface area contributed by atoms with Crippen LogP contribution in [-0.2, 0) is 5.41 Å². The first-order chi connectivity index (χ1) is 9.81. The van der Waals surface area contributed by atoms with E-state index in [4.69, 9.17) is 16.9 Å². The van der Waals surface area contributed by atoms with Crippen LogP contribution >= 0.6 is 11.6 Å². The van der Waals surface area contributed by atoms with Crippen molar-refractivity contribution in [2.24, 2.45) is 5.92 Å². The number of nitrogens with zero attached hydrogens (tertiary/aromatic N) is 3. The van der Waals surface area contributed by atoms with E-state index in [1.807, 2.05) is 26.8 Å². The Kier molecular flexibility index (Phi) is 4.53. The van der Waals surface area contributed by atoms with E-state index in [-0.39, 0.29) is 17.2 Å². The lowest BCUT2D eigenvalue weighted by Crippen LogP contribution is -2.38. The molecule has 1 amide bonds. The van der Waals surface area contributed by atoms with Gasteiger partial charge in [-0.1, -0.05) is 32.4 Å². The molecule has 0 atom stereocenters. The largest absolute Gasteiger partial charge is 0.339 e. The second-order valence-corrected chi connectivity index (χ2v) is 6.90. The van der Waals surface area contributed by atoms with Crippen LogP contribution in [0.25, 0.3) is 0 Å². The Morgan fingerprint density at radius 3 is 2.52 bits per heavy atom. The van der Waals surface area contributed by atoms with Crippen LogP contribution in [0.5, 0.6) is 0 Å². The van der Waals surface area contributed by atoms with Gasteiger partial charge in [0.25, 0.3) is 5.91 Å². The smallest absolute Gasteiger partial charge is 0.254 e. The predicted molar refractivity (Wildman–Crippen MR) is 82.2 cm³/mol. The Morgan fingerprint density at radius 1 is 1.38 bits per heavy atom. The average Bonchev–Trinajstić information content (AvgIpc) is 2.45. The maximum atomic E-state index is 12.6. The zero-order chi connectivity index (χ0) is 15.6. The van der Waals surface area contributed by atoms with Crippen molar-refractivity contribution in [2.45, 2.75) is 39.0 Å². The number of likely N-dealkylation sites (tertiary alicyclic amines) is 1. The molecule has 0 unspecified atom stereocenters. The van der Waals surface area contributed by atoms with E-state index in [0.29, 0.717) is 23.8 Å². The summed E-state index contributed by atoms with van der Waals surface area (Å²) in [4.78, 5) is 18.7. The number of pyridine rings is 1. The topological polar surface area (TPSA) is 57.0 Å². The van der Waals surface area contributed by atoms with Crippen molar-refractivity contribution in [3.05, 3.63) is 28.5 Å². The molecular weight excluding hydrogens is 286 g/mol.